The van der Waals surface area contributed by atoms with Gasteiger partial charge in [0.25, 0.3) is 0 Å². The Morgan fingerprint density at radius 3 is 1.29 bits per heavy atom. The second kappa shape index (κ2) is 14.6. The van der Waals surface area contributed by atoms with Crippen LogP contribution < -0.4 is 4.74 Å². The quantitative estimate of drug-likeness (QED) is 0.609. The molecule has 2 heteroatoms. The number of halogens is 1. The normalized spacial score (nSPS) is 8.00. The van der Waals surface area contributed by atoms with Crippen molar-refractivity contribution in [3.8, 4) is 5.75 Å². The maximum atomic E-state index is 12.1. The minimum Gasteiger partial charge on any atom is -0.497 e. The lowest BCUT2D eigenvalue weighted by molar-refractivity contribution is 0.414. The molecule has 0 aliphatic carbocycles. The summed E-state index contributed by atoms with van der Waals surface area (Å²) in [5, 5.41) is 0. The van der Waals surface area contributed by atoms with E-state index in [2.05, 4.69) is 6.92 Å². The Hall–Kier alpha value is -1.83. The van der Waals surface area contributed by atoms with Gasteiger partial charge in [-0.2, -0.15) is 0 Å². The molecule has 21 heavy (non-hydrogen) atoms. The summed E-state index contributed by atoms with van der Waals surface area (Å²) in [5.74, 6) is 0.746. The summed E-state index contributed by atoms with van der Waals surface area (Å²) in [4.78, 5) is 0. The van der Waals surface area contributed by atoms with Crippen LogP contribution in [0.5, 0.6) is 5.75 Å². The van der Waals surface area contributed by atoms with E-state index in [1.54, 1.807) is 19.2 Å². The molecule has 0 saturated heterocycles. The molecule has 0 amide bonds. The van der Waals surface area contributed by atoms with Crippen LogP contribution in [0, 0.1) is 19.7 Å². The molecule has 0 radical (unpaired) electrons. The third-order valence-electron chi connectivity index (χ3n) is 2.27. The molecule has 0 bridgehead atoms. The minimum absolute atomic E-state index is 0.171. The average Bonchev–Trinajstić information content (AvgIpc) is 2.55. The Morgan fingerprint density at radius 2 is 1.00 bits per heavy atom. The first-order chi connectivity index (χ1) is 10.1. The number of hydrogen-bond acceptors (Lipinski definition) is 1. The SMILES string of the molecule is CC.CC.COc1ccc(C)cc1.Cc1ccc(F)cc1. The van der Waals surface area contributed by atoms with Crippen LogP contribution in [0.4, 0.5) is 4.39 Å². The molecule has 0 aliphatic heterocycles. The summed E-state index contributed by atoms with van der Waals surface area (Å²) in [7, 11) is 1.67. The summed E-state index contributed by atoms with van der Waals surface area (Å²) >= 11 is 0. The lowest BCUT2D eigenvalue weighted by Gasteiger charge is -1.97. The van der Waals surface area contributed by atoms with Gasteiger partial charge < -0.3 is 4.74 Å². The number of benzene rings is 2. The van der Waals surface area contributed by atoms with E-state index in [0.717, 1.165) is 11.3 Å². The van der Waals surface area contributed by atoms with E-state index in [9.17, 15) is 4.39 Å². The van der Waals surface area contributed by atoms with Crippen molar-refractivity contribution in [1.29, 1.82) is 0 Å². The highest BCUT2D eigenvalue weighted by molar-refractivity contribution is 5.25. The minimum atomic E-state index is -0.171. The topological polar surface area (TPSA) is 9.23 Å². The molecule has 0 spiro atoms. The Balaban J connectivity index is 0. The van der Waals surface area contributed by atoms with Gasteiger partial charge >= 0.3 is 0 Å². The summed E-state index contributed by atoms with van der Waals surface area (Å²) < 4.78 is 17.1. The van der Waals surface area contributed by atoms with Gasteiger partial charge in [0.2, 0.25) is 0 Å². The van der Waals surface area contributed by atoms with Crippen LogP contribution >= 0.6 is 0 Å². The fourth-order valence-electron chi connectivity index (χ4n) is 1.21. The van der Waals surface area contributed by atoms with Gasteiger partial charge in [0.1, 0.15) is 11.6 Å². The lowest BCUT2D eigenvalue weighted by atomic mass is 10.2. The zero-order valence-corrected chi connectivity index (χ0v) is 14.4. The van der Waals surface area contributed by atoms with Crippen LogP contribution in [0.25, 0.3) is 0 Å². The monoisotopic (exact) mass is 292 g/mol. The van der Waals surface area contributed by atoms with E-state index in [1.807, 2.05) is 58.9 Å². The second-order valence-electron chi connectivity index (χ2n) is 3.81. The van der Waals surface area contributed by atoms with Crippen LogP contribution in [0.15, 0.2) is 48.5 Å². The largest absolute Gasteiger partial charge is 0.497 e. The predicted octanol–water partition coefficient (Wildman–Crippen LogP) is 6.19. The Labute approximate surface area is 129 Å². The Bertz CT molecular complexity index is 411. The number of rotatable bonds is 1. The third kappa shape index (κ3) is 11.7. The van der Waals surface area contributed by atoms with Gasteiger partial charge in [0.15, 0.2) is 0 Å². The number of ether oxygens (including phenoxy) is 1. The maximum absolute atomic E-state index is 12.1. The number of hydrogen-bond donors (Lipinski definition) is 0. The van der Waals surface area contributed by atoms with Crippen LogP contribution in [0.2, 0.25) is 0 Å². The van der Waals surface area contributed by atoms with Gasteiger partial charge in [-0.3, -0.25) is 0 Å². The van der Waals surface area contributed by atoms with Crippen LogP contribution in [0.1, 0.15) is 38.8 Å². The summed E-state index contributed by atoms with van der Waals surface area (Å²) in [6.45, 7) is 12.0. The molecule has 0 unspecified atom stereocenters. The highest BCUT2D eigenvalue weighted by atomic mass is 19.1. The van der Waals surface area contributed by atoms with Crippen molar-refractivity contribution in [3.05, 3.63) is 65.5 Å². The van der Waals surface area contributed by atoms with Gasteiger partial charge in [0, 0.05) is 0 Å². The van der Waals surface area contributed by atoms with Crippen molar-refractivity contribution in [2.24, 2.45) is 0 Å². The van der Waals surface area contributed by atoms with Crippen molar-refractivity contribution >= 4 is 0 Å². The van der Waals surface area contributed by atoms with Crippen molar-refractivity contribution in [1.82, 2.24) is 0 Å². The molecule has 0 N–H and O–H groups in total. The zero-order chi connectivity index (χ0) is 16.7. The first-order valence-electron chi connectivity index (χ1n) is 7.44. The van der Waals surface area contributed by atoms with Gasteiger partial charge in [-0.05, 0) is 38.1 Å². The van der Waals surface area contributed by atoms with Crippen molar-refractivity contribution in [2.45, 2.75) is 41.5 Å². The highest BCUT2D eigenvalue weighted by Gasteiger charge is 1.85. The molecule has 2 aromatic rings. The van der Waals surface area contributed by atoms with Gasteiger partial charge in [-0.25, -0.2) is 4.39 Å². The number of aryl methyl sites for hydroxylation is 2. The molecule has 118 valence electrons. The highest BCUT2D eigenvalue weighted by Crippen LogP contribution is 2.09. The van der Waals surface area contributed by atoms with E-state index in [4.69, 9.17) is 4.74 Å². The molecule has 0 saturated carbocycles. The first-order valence-corrected chi connectivity index (χ1v) is 7.44. The Morgan fingerprint density at radius 1 is 0.667 bits per heavy atom. The van der Waals surface area contributed by atoms with E-state index >= 15 is 0 Å². The van der Waals surface area contributed by atoms with Crippen molar-refractivity contribution in [3.63, 3.8) is 0 Å². The van der Waals surface area contributed by atoms with Crippen molar-refractivity contribution < 1.29 is 9.13 Å². The zero-order valence-electron chi connectivity index (χ0n) is 14.4. The van der Waals surface area contributed by atoms with Gasteiger partial charge in [-0.15, -0.1) is 0 Å². The molecule has 0 aromatic heterocycles. The van der Waals surface area contributed by atoms with Crippen LogP contribution in [0.3, 0.4) is 0 Å². The van der Waals surface area contributed by atoms with Gasteiger partial charge in [0.05, 0.1) is 7.11 Å². The fraction of sp³-hybridized carbons (Fsp3) is 0.368. The Kier molecular flexibility index (Phi) is 14.9. The number of methoxy groups -OCH3 is 1. The summed E-state index contributed by atoms with van der Waals surface area (Å²) in [6.07, 6.45) is 0. The molecule has 0 fully saturated rings. The van der Waals surface area contributed by atoms with Crippen LogP contribution in [-0.4, -0.2) is 7.11 Å². The lowest BCUT2D eigenvalue weighted by Crippen LogP contribution is -1.80. The van der Waals surface area contributed by atoms with E-state index in [0.29, 0.717) is 0 Å². The molecule has 2 aromatic carbocycles. The second-order valence-corrected chi connectivity index (χ2v) is 3.81. The van der Waals surface area contributed by atoms with Crippen molar-refractivity contribution in [2.75, 3.05) is 7.11 Å². The predicted molar refractivity (Wildman–Crippen MR) is 91.6 cm³/mol. The molecule has 2 rings (SSSR count). The molecule has 0 atom stereocenters. The van der Waals surface area contributed by atoms with E-state index in [-0.39, 0.29) is 5.82 Å². The molecular formula is C19H29FO. The third-order valence-corrected chi connectivity index (χ3v) is 2.27. The molecule has 0 aliphatic rings. The van der Waals surface area contributed by atoms with E-state index in [1.165, 1.54) is 17.7 Å². The fourth-order valence-corrected chi connectivity index (χ4v) is 1.21. The summed E-state index contributed by atoms with van der Waals surface area (Å²) in [5.41, 5.74) is 2.35. The molecule has 1 nitrogen and oxygen atoms in total. The molecular weight excluding hydrogens is 263 g/mol. The maximum Gasteiger partial charge on any atom is 0.123 e. The smallest absolute Gasteiger partial charge is 0.123 e. The molecule has 0 heterocycles. The first kappa shape index (κ1) is 21.5. The summed E-state index contributed by atoms with van der Waals surface area (Å²) in [6, 6.07) is 14.4. The average molecular weight is 292 g/mol. The van der Waals surface area contributed by atoms with Gasteiger partial charge in [-0.1, -0.05) is 63.1 Å². The standard InChI is InChI=1S/C8H10O.C7H7F.2C2H6/c1-7-3-5-8(9-2)6-4-7;1-6-2-4-7(8)5-3-6;2*1-2/h3-6H,1-2H3;2-5H,1H3;2*1-2H3. The van der Waals surface area contributed by atoms with E-state index < -0.39 is 0 Å². The van der Waals surface area contributed by atoms with Crippen LogP contribution in [-0.2, 0) is 0 Å².